The van der Waals surface area contributed by atoms with Crippen molar-refractivity contribution in [3.63, 3.8) is 0 Å². The highest BCUT2D eigenvalue weighted by Crippen LogP contribution is 2.32. The van der Waals surface area contributed by atoms with Crippen molar-refractivity contribution < 1.29 is 22.4 Å². The molecule has 0 saturated carbocycles. The summed E-state index contributed by atoms with van der Waals surface area (Å²) in [6, 6.07) is 3.43. The lowest BCUT2D eigenvalue weighted by Crippen LogP contribution is -2.40. The minimum atomic E-state index is -4.32. The van der Waals surface area contributed by atoms with E-state index in [9.17, 15) is 22.4 Å². The molecule has 0 unspecified atom stereocenters. The number of halogens is 5. The molecule has 1 amide bonds. The first-order valence-electron chi connectivity index (χ1n) is 6.29. The summed E-state index contributed by atoms with van der Waals surface area (Å²) >= 11 is 5.60. The summed E-state index contributed by atoms with van der Waals surface area (Å²) in [5, 5.41) is 4.87. The molecule has 1 aliphatic heterocycles. The Bertz CT molecular complexity index is 535. The number of benzene rings is 1. The topological polar surface area (TPSA) is 41.1 Å². The van der Waals surface area contributed by atoms with Gasteiger partial charge in [-0.05, 0) is 12.5 Å². The molecule has 0 bridgehead atoms. The van der Waals surface area contributed by atoms with Gasteiger partial charge in [-0.1, -0.05) is 23.7 Å². The third kappa shape index (κ3) is 3.85. The minimum Gasteiger partial charge on any atom is -0.351 e. The second kappa shape index (κ2) is 6.19. The molecule has 1 heterocycles. The highest BCUT2D eigenvalue weighted by atomic mass is 35.5. The smallest absolute Gasteiger partial charge is 0.351 e. The van der Waals surface area contributed by atoms with E-state index < -0.39 is 29.9 Å². The van der Waals surface area contributed by atoms with Gasteiger partial charge in [0.15, 0.2) is 0 Å². The van der Waals surface area contributed by atoms with Gasteiger partial charge in [-0.25, -0.2) is 4.39 Å². The normalized spacial score (nSPS) is 22.3. The van der Waals surface area contributed by atoms with E-state index in [0.29, 0.717) is 0 Å². The van der Waals surface area contributed by atoms with Crippen LogP contribution >= 0.6 is 11.6 Å². The lowest BCUT2D eigenvalue weighted by atomic mass is 10.0. The molecule has 2 rings (SSSR count). The van der Waals surface area contributed by atoms with Crippen molar-refractivity contribution in [3.8, 4) is 0 Å². The Morgan fingerprint density at radius 3 is 2.76 bits per heavy atom. The molecule has 3 nitrogen and oxygen atoms in total. The Kier molecular flexibility index (Phi) is 4.73. The summed E-state index contributed by atoms with van der Waals surface area (Å²) in [6.45, 7) is -0.410. The van der Waals surface area contributed by atoms with Crippen LogP contribution < -0.4 is 10.6 Å². The van der Waals surface area contributed by atoms with E-state index in [-0.39, 0.29) is 30.1 Å². The number of hydrogen-bond donors (Lipinski definition) is 2. The molecule has 21 heavy (non-hydrogen) atoms. The average molecular weight is 325 g/mol. The van der Waals surface area contributed by atoms with Crippen LogP contribution in [0.15, 0.2) is 18.2 Å². The van der Waals surface area contributed by atoms with Crippen molar-refractivity contribution in [2.45, 2.75) is 25.2 Å². The molecule has 0 aliphatic carbocycles. The zero-order valence-corrected chi connectivity index (χ0v) is 11.6. The molecule has 2 N–H and O–H groups in total. The van der Waals surface area contributed by atoms with Crippen molar-refractivity contribution in [2.75, 3.05) is 6.54 Å². The molecular weight excluding hydrogens is 312 g/mol. The highest BCUT2D eigenvalue weighted by molar-refractivity contribution is 6.30. The Balaban J connectivity index is 1.90. The average Bonchev–Trinajstić information content (AvgIpc) is 2.90. The number of nitrogens with one attached hydrogen (secondary N) is 2. The van der Waals surface area contributed by atoms with Gasteiger partial charge in [-0.15, -0.1) is 0 Å². The molecule has 0 aromatic heterocycles. The van der Waals surface area contributed by atoms with Gasteiger partial charge < -0.3 is 10.6 Å². The van der Waals surface area contributed by atoms with Crippen molar-refractivity contribution in [2.24, 2.45) is 5.92 Å². The third-order valence-electron chi connectivity index (χ3n) is 3.39. The van der Waals surface area contributed by atoms with Crippen LogP contribution in [-0.2, 0) is 11.3 Å². The summed E-state index contributed by atoms with van der Waals surface area (Å²) in [5.41, 5.74) is 0.182. The molecule has 0 spiro atoms. The van der Waals surface area contributed by atoms with Gasteiger partial charge in [0.25, 0.3) is 0 Å². The number of rotatable bonds is 3. The summed E-state index contributed by atoms with van der Waals surface area (Å²) in [6.07, 6.45) is -4.63. The van der Waals surface area contributed by atoms with E-state index in [0.717, 1.165) is 0 Å². The zero-order valence-electron chi connectivity index (χ0n) is 10.8. The monoisotopic (exact) mass is 324 g/mol. The second-order valence-electron chi connectivity index (χ2n) is 4.87. The minimum absolute atomic E-state index is 0.0714. The van der Waals surface area contributed by atoms with E-state index in [4.69, 9.17) is 11.6 Å². The van der Waals surface area contributed by atoms with Gasteiger partial charge in [-0.2, -0.15) is 13.2 Å². The van der Waals surface area contributed by atoms with Crippen LogP contribution in [0.2, 0.25) is 5.02 Å². The molecule has 1 aliphatic rings. The molecule has 8 heteroatoms. The van der Waals surface area contributed by atoms with Gasteiger partial charge in [0.05, 0.1) is 17.0 Å². The Morgan fingerprint density at radius 1 is 1.43 bits per heavy atom. The molecule has 1 aromatic rings. The second-order valence-corrected chi connectivity index (χ2v) is 5.27. The molecule has 1 saturated heterocycles. The molecule has 1 fully saturated rings. The van der Waals surface area contributed by atoms with Crippen LogP contribution in [0.4, 0.5) is 17.6 Å². The van der Waals surface area contributed by atoms with Crippen LogP contribution in [-0.4, -0.2) is 24.7 Å². The Hall–Kier alpha value is -1.34. The number of amides is 1. The fourth-order valence-corrected chi connectivity index (χ4v) is 2.37. The Morgan fingerprint density at radius 2 is 2.14 bits per heavy atom. The largest absolute Gasteiger partial charge is 0.393 e. The van der Waals surface area contributed by atoms with Crippen molar-refractivity contribution in [1.29, 1.82) is 0 Å². The first kappa shape index (κ1) is 16.0. The van der Waals surface area contributed by atoms with E-state index in [1.807, 2.05) is 0 Å². The van der Waals surface area contributed by atoms with Crippen LogP contribution in [0.25, 0.3) is 0 Å². The molecule has 0 radical (unpaired) electrons. The van der Waals surface area contributed by atoms with Gasteiger partial charge in [-0.3, -0.25) is 4.79 Å². The fraction of sp³-hybridized carbons (Fsp3) is 0.462. The van der Waals surface area contributed by atoms with Crippen LogP contribution in [0.1, 0.15) is 12.0 Å². The fourth-order valence-electron chi connectivity index (χ4n) is 2.18. The highest BCUT2D eigenvalue weighted by Gasteiger charge is 2.45. The van der Waals surface area contributed by atoms with Crippen LogP contribution in [0.3, 0.4) is 0 Å². The van der Waals surface area contributed by atoms with Crippen molar-refractivity contribution >= 4 is 17.5 Å². The van der Waals surface area contributed by atoms with Gasteiger partial charge in [0.2, 0.25) is 5.91 Å². The van der Waals surface area contributed by atoms with Crippen molar-refractivity contribution in [3.05, 3.63) is 34.6 Å². The summed E-state index contributed by atoms with van der Waals surface area (Å²) < 4.78 is 51.1. The third-order valence-corrected chi connectivity index (χ3v) is 3.69. The first-order chi connectivity index (χ1) is 9.79. The number of hydrogen-bond acceptors (Lipinski definition) is 2. The summed E-state index contributed by atoms with van der Waals surface area (Å²) in [5.74, 6) is -2.76. The number of carbonyl (C=O) groups excluding carboxylic acids is 1. The lowest BCUT2D eigenvalue weighted by Gasteiger charge is -2.14. The molecular formula is C13H13ClF4N2O. The predicted molar refractivity (Wildman–Crippen MR) is 69.2 cm³/mol. The Labute approximate surface area is 123 Å². The van der Waals surface area contributed by atoms with E-state index in [1.165, 1.54) is 18.2 Å². The van der Waals surface area contributed by atoms with E-state index in [2.05, 4.69) is 10.6 Å². The quantitative estimate of drug-likeness (QED) is 0.839. The number of carbonyl (C=O) groups is 1. The SMILES string of the molecule is O=C(NCc1cccc(Cl)c1F)[C@@H]1C[C@H](C(F)(F)F)CN1. The number of alkyl halides is 3. The van der Waals surface area contributed by atoms with Gasteiger partial charge >= 0.3 is 6.18 Å². The maximum atomic E-state index is 13.6. The first-order valence-corrected chi connectivity index (χ1v) is 6.67. The van der Waals surface area contributed by atoms with E-state index in [1.54, 1.807) is 0 Å². The maximum absolute atomic E-state index is 13.6. The molecule has 1 aromatic carbocycles. The van der Waals surface area contributed by atoms with Gasteiger partial charge in [0, 0.05) is 18.7 Å². The maximum Gasteiger partial charge on any atom is 0.393 e. The summed E-state index contributed by atoms with van der Waals surface area (Å²) in [4.78, 5) is 11.8. The van der Waals surface area contributed by atoms with Gasteiger partial charge in [0.1, 0.15) is 5.82 Å². The van der Waals surface area contributed by atoms with E-state index >= 15 is 0 Å². The predicted octanol–water partition coefficient (Wildman–Crippen LogP) is 2.64. The van der Waals surface area contributed by atoms with Crippen molar-refractivity contribution in [1.82, 2.24) is 10.6 Å². The zero-order chi connectivity index (χ0) is 15.6. The lowest BCUT2D eigenvalue weighted by molar-refractivity contribution is -0.169. The summed E-state index contributed by atoms with van der Waals surface area (Å²) in [7, 11) is 0. The molecule has 116 valence electrons. The van der Waals surface area contributed by atoms with Crippen LogP contribution in [0.5, 0.6) is 0 Å². The van der Waals surface area contributed by atoms with Crippen LogP contribution in [0, 0.1) is 11.7 Å². The molecule has 2 atom stereocenters. The standard InChI is InChI=1S/C13H13ClF4N2O/c14-9-3-1-2-7(11(9)15)5-20-12(21)10-4-8(6-19-10)13(16,17)18/h1-3,8,10,19H,4-6H2,(H,20,21)/t8-,10-/m0/s1.